The monoisotopic (exact) mass is 241 g/mol. The van der Waals surface area contributed by atoms with Gasteiger partial charge in [-0.3, -0.25) is 4.79 Å². The van der Waals surface area contributed by atoms with Crippen LogP contribution in [0.2, 0.25) is 0 Å². The summed E-state index contributed by atoms with van der Waals surface area (Å²) in [5.74, 6) is -1.47. The molecular formula is C9H15N5O3. The van der Waals surface area contributed by atoms with E-state index >= 15 is 0 Å². The van der Waals surface area contributed by atoms with E-state index in [0.717, 1.165) is 0 Å². The van der Waals surface area contributed by atoms with Crippen molar-refractivity contribution in [2.24, 2.45) is 0 Å². The van der Waals surface area contributed by atoms with Gasteiger partial charge in [0.25, 0.3) is 0 Å². The number of nitrogens with zero attached hydrogens (tertiary/aromatic N) is 4. The van der Waals surface area contributed by atoms with Gasteiger partial charge in [-0.1, -0.05) is 6.92 Å². The number of aliphatic carboxylic acids is 1. The van der Waals surface area contributed by atoms with Crippen molar-refractivity contribution in [3.05, 3.63) is 6.33 Å². The lowest BCUT2D eigenvalue weighted by atomic mass is 9.94. The molecule has 1 aromatic heterocycles. The topological polar surface area (TPSA) is 110 Å². The highest BCUT2D eigenvalue weighted by atomic mass is 16.4. The minimum Gasteiger partial charge on any atom is -0.480 e. The zero-order chi connectivity index (χ0) is 13.1. The first kappa shape index (κ1) is 13.1. The summed E-state index contributed by atoms with van der Waals surface area (Å²) in [4.78, 5) is 22.5. The van der Waals surface area contributed by atoms with E-state index in [-0.39, 0.29) is 12.3 Å². The molecular weight excluding hydrogens is 226 g/mol. The molecule has 1 heterocycles. The van der Waals surface area contributed by atoms with Gasteiger partial charge in [0, 0.05) is 6.42 Å². The van der Waals surface area contributed by atoms with Gasteiger partial charge >= 0.3 is 5.97 Å². The first-order valence-corrected chi connectivity index (χ1v) is 5.15. The maximum absolute atomic E-state index is 11.3. The largest absolute Gasteiger partial charge is 0.480 e. The van der Waals surface area contributed by atoms with Crippen LogP contribution in [0.1, 0.15) is 27.2 Å². The zero-order valence-electron chi connectivity index (χ0n) is 9.91. The molecule has 8 heteroatoms. The summed E-state index contributed by atoms with van der Waals surface area (Å²) >= 11 is 0. The number of amides is 1. The summed E-state index contributed by atoms with van der Waals surface area (Å²) in [6.07, 6.45) is 1.53. The van der Waals surface area contributed by atoms with Gasteiger partial charge in [-0.25, -0.2) is 9.48 Å². The fourth-order valence-electron chi connectivity index (χ4n) is 1.36. The normalized spacial score (nSPS) is 13.1. The van der Waals surface area contributed by atoms with Crippen LogP contribution in [0.15, 0.2) is 6.33 Å². The zero-order valence-corrected chi connectivity index (χ0v) is 9.91. The number of carbonyl (C=O) groups is 2. The summed E-state index contributed by atoms with van der Waals surface area (Å²) in [6.45, 7) is 4.93. The molecule has 0 aliphatic carbocycles. The maximum Gasteiger partial charge on any atom is 0.328 e. The highest BCUT2D eigenvalue weighted by Crippen LogP contribution is 2.18. The highest BCUT2D eigenvalue weighted by molar-refractivity contribution is 5.84. The van der Waals surface area contributed by atoms with Gasteiger partial charge in [0.05, 0.1) is 5.54 Å². The van der Waals surface area contributed by atoms with E-state index < -0.39 is 17.6 Å². The molecule has 1 atom stereocenters. The van der Waals surface area contributed by atoms with Crippen LogP contribution in [0.25, 0.3) is 0 Å². The van der Waals surface area contributed by atoms with Crippen molar-refractivity contribution >= 4 is 11.9 Å². The number of hydrogen-bond acceptors (Lipinski definition) is 5. The van der Waals surface area contributed by atoms with Gasteiger partial charge < -0.3 is 10.4 Å². The molecule has 0 spiro atoms. The summed E-state index contributed by atoms with van der Waals surface area (Å²) < 4.78 is 1.31. The van der Waals surface area contributed by atoms with Crippen molar-refractivity contribution < 1.29 is 14.7 Å². The van der Waals surface area contributed by atoms with E-state index in [1.807, 2.05) is 0 Å². The summed E-state index contributed by atoms with van der Waals surface area (Å²) in [5, 5.41) is 22.2. The summed E-state index contributed by atoms with van der Waals surface area (Å²) in [7, 11) is 0. The van der Waals surface area contributed by atoms with Crippen molar-refractivity contribution in [1.82, 2.24) is 25.5 Å². The summed E-state index contributed by atoms with van der Waals surface area (Å²) in [5.41, 5.74) is -0.958. The molecule has 0 aliphatic heterocycles. The minimum atomic E-state index is -1.13. The molecule has 17 heavy (non-hydrogen) atoms. The standard InChI is InChI=1S/C9H15N5O3/c1-4-6(15)11-7(8(16)17)9(2,3)14-5-10-12-13-14/h5,7H,4H2,1-3H3,(H,11,15)(H,16,17). The first-order chi connectivity index (χ1) is 7.89. The molecule has 0 fully saturated rings. The maximum atomic E-state index is 11.3. The number of aromatic nitrogens is 4. The van der Waals surface area contributed by atoms with Crippen LogP contribution in [0.3, 0.4) is 0 Å². The van der Waals surface area contributed by atoms with Crippen molar-refractivity contribution in [2.45, 2.75) is 38.8 Å². The second-order valence-corrected chi connectivity index (χ2v) is 4.10. The number of nitrogens with one attached hydrogen (secondary N) is 1. The van der Waals surface area contributed by atoms with Crippen LogP contribution in [-0.2, 0) is 15.1 Å². The van der Waals surface area contributed by atoms with Crippen molar-refractivity contribution in [1.29, 1.82) is 0 Å². The molecule has 1 rings (SSSR count). The number of carboxylic acid groups (broad SMARTS) is 1. The van der Waals surface area contributed by atoms with Crippen molar-refractivity contribution in [3.63, 3.8) is 0 Å². The third kappa shape index (κ3) is 2.77. The second-order valence-electron chi connectivity index (χ2n) is 4.10. The second kappa shape index (κ2) is 4.89. The fraction of sp³-hybridized carbons (Fsp3) is 0.667. The van der Waals surface area contributed by atoms with E-state index in [0.29, 0.717) is 0 Å². The Kier molecular flexibility index (Phi) is 3.77. The van der Waals surface area contributed by atoms with Gasteiger partial charge in [0.1, 0.15) is 6.33 Å². The van der Waals surface area contributed by atoms with E-state index in [4.69, 9.17) is 5.11 Å². The van der Waals surface area contributed by atoms with Crippen LogP contribution in [0.5, 0.6) is 0 Å². The smallest absolute Gasteiger partial charge is 0.328 e. The van der Waals surface area contributed by atoms with Crippen LogP contribution in [-0.4, -0.2) is 43.2 Å². The molecule has 0 saturated carbocycles. The average Bonchev–Trinajstić information content (AvgIpc) is 2.78. The number of tetrazole rings is 1. The van der Waals surface area contributed by atoms with Crippen molar-refractivity contribution in [2.75, 3.05) is 0 Å². The SMILES string of the molecule is CCC(=O)NC(C(=O)O)C(C)(C)n1cnnn1. The number of carboxylic acids is 1. The molecule has 0 saturated heterocycles. The number of carbonyl (C=O) groups excluding carboxylic acids is 1. The van der Waals surface area contributed by atoms with Gasteiger partial charge in [0.2, 0.25) is 5.91 Å². The van der Waals surface area contributed by atoms with E-state index in [2.05, 4.69) is 20.8 Å². The quantitative estimate of drug-likeness (QED) is 0.711. The predicted molar refractivity (Wildman–Crippen MR) is 57.0 cm³/mol. The predicted octanol–water partition coefficient (Wildman–Crippen LogP) is -0.612. The molecule has 0 aromatic carbocycles. The Labute approximate surface area is 98.0 Å². The van der Waals surface area contributed by atoms with Gasteiger partial charge in [-0.15, -0.1) is 5.10 Å². The van der Waals surface area contributed by atoms with Crippen LogP contribution in [0, 0.1) is 0 Å². The Morgan fingerprint density at radius 3 is 2.59 bits per heavy atom. The van der Waals surface area contributed by atoms with Gasteiger partial charge in [-0.2, -0.15) is 0 Å². The molecule has 0 radical (unpaired) electrons. The third-order valence-corrected chi connectivity index (χ3v) is 2.52. The first-order valence-electron chi connectivity index (χ1n) is 5.15. The van der Waals surface area contributed by atoms with Crippen LogP contribution in [0.4, 0.5) is 0 Å². The molecule has 8 nitrogen and oxygen atoms in total. The van der Waals surface area contributed by atoms with Crippen molar-refractivity contribution in [3.8, 4) is 0 Å². The van der Waals surface area contributed by atoms with E-state index in [1.165, 1.54) is 11.0 Å². The van der Waals surface area contributed by atoms with Crippen LogP contribution >= 0.6 is 0 Å². The van der Waals surface area contributed by atoms with E-state index in [1.54, 1.807) is 20.8 Å². The highest BCUT2D eigenvalue weighted by Gasteiger charge is 2.39. The van der Waals surface area contributed by atoms with E-state index in [9.17, 15) is 9.59 Å². The molecule has 2 N–H and O–H groups in total. The Bertz CT molecular complexity index is 401. The van der Waals surface area contributed by atoms with Crippen LogP contribution < -0.4 is 5.32 Å². The molecule has 1 amide bonds. The van der Waals surface area contributed by atoms with Gasteiger partial charge in [-0.05, 0) is 24.3 Å². The number of rotatable bonds is 5. The average molecular weight is 241 g/mol. The fourth-order valence-corrected chi connectivity index (χ4v) is 1.36. The third-order valence-electron chi connectivity index (χ3n) is 2.52. The molecule has 0 bridgehead atoms. The Hall–Kier alpha value is -1.99. The number of hydrogen-bond donors (Lipinski definition) is 2. The lowest BCUT2D eigenvalue weighted by Gasteiger charge is -2.31. The Balaban J connectivity index is 2.98. The lowest BCUT2D eigenvalue weighted by Crippen LogP contribution is -2.55. The lowest BCUT2D eigenvalue weighted by molar-refractivity contribution is -0.145. The minimum absolute atomic E-state index is 0.218. The summed E-state index contributed by atoms with van der Waals surface area (Å²) in [6, 6.07) is -1.10. The molecule has 1 aromatic rings. The Morgan fingerprint density at radius 2 is 2.18 bits per heavy atom. The molecule has 1 unspecified atom stereocenters. The van der Waals surface area contributed by atoms with Gasteiger partial charge in [0.15, 0.2) is 6.04 Å². The Morgan fingerprint density at radius 1 is 1.53 bits per heavy atom. The molecule has 0 aliphatic rings. The molecule has 94 valence electrons.